The van der Waals surface area contributed by atoms with Crippen molar-refractivity contribution in [1.29, 1.82) is 0 Å². The Balaban J connectivity index is 2.38. The van der Waals surface area contributed by atoms with E-state index in [4.69, 9.17) is 4.74 Å². The van der Waals surface area contributed by atoms with Gasteiger partial charge in [0.25, 0.3) is 5.56 Å². The highest BCUT2D eigenvalue weighted by molar-refractivity contribution is 5.58. The third kappa shape index (κ3) is 3.88. The second kappa shape index (κ2) is 6.95. The Morgan fingerprint density at radius 3 is 2.43 bits per heavy atom. The lowest BCUT2D eigenvalue weighted by Gasteiger charge is -2.10. The SMILES string of the molecule is COc1ccc(Cn2c(=O)cc(N=CN(C)C)n(C)c2=O)cc1. The monoisotopic (exact) mass is 316 g/mol. The van der Waals surface area contributed by atoms with Crippen LogP contribution in [0.4, 0.5) is 5.82 Å². The van der Waals surface area contributed by atoms with Gasteiger partial charge in [0, 0.05) is 27.2 Å². The number of aliphatic imine (C=N–C) groups is 1. The van der Waals surface area contributed by atoms with Crippen LogP contribution in [0.3, 0.4) is 0 Å². The average Bonchev–Trinajstić information content (AvgIpc) is 2.54. The van der Waals surface area contributed by atoms with Crippen molar-refractivity contribution in [2.75, 3.05) is 21.2 Å². The Bertz CT molecular complexity index is 817. The van der Waals surface area contributed by atoms with Crippen molar-refractivity contribution in [3.05, 3.63) is 56.7 Å². The summed E-state index contributed by atoms with van der Waals surface area (Å²) in [5.41, 5.74) is 0.0589. The van der Waals surface area contributed by atoms with Crippen molar-refractivity contribution in [3.63, 3.8) is 0 Å². The molecule has 1 heterocycles. The number of hydrogen-bond acceptors (Lipinski definition) is 4. The number of nitrogens with zero attached hydrogens (tertiary/aromatic N) is 4. The van der Waals surface area contributed by atoms with E-state index in [2.05, 4.69) is 4.99 Å². The molecule has 0 unspecified atom stereocenters. The van der Waals surface area contributed by atoms with E-state index in [0.29, 0.717) is 5.82 Å². The molecule has 122 valence electrons. The van der Waals surface area contributed by atoms with Gasteiger partial charge in [0.2, 0.25) is 0 Å². The van der Waals surface area contributed by atoms with E-state index in [9.17, 15) is 9.59 Å². The fraction of sp³-hybridized carbons (Fsp3) is 0.312. The van der Waals surface area contributed by atoms with Gasteiger partial charge in [-0.05, 0) is 17.7 Å². The molecule has 0 saturated carbocycles. The topological polar surface area (TPSA) is 68.8 Å². The summed E-state index contributed by atoms with van der Waals surface area (Å²) in [6, 6.07) is 8.58. The number of hydrogen-bond donors (Lipinski definition) is 0. The summed E-state index contributed by atoms with van der Waals surface area (Å²) in [7, 11) is 6.80. The van der Waals surface area contributed by atoms with Crippen LogP contribution in [-0.2, 0) is 13.6 Å². The summed E-state index contributed by atoms with van der Waals surface area (Å²) in [6.07, 6.45) is 1.54. The molecular formula is C16H20N4O3. The average molecular weight is 316 g/mol. The number of methoxy groups -OCH3 is 1. The van der Waals surface area contributed by atoms with Crippen LogP contribution >= 0.6 is 0 Å². The van der Waals surface area contributed by atoms with E-state index in [-0.39, 0.29) is 12.1 Å². The first-order chi connectivity index (χ1) is 10.9. The summed E-state index contributed by atoms with van der Waals surface area (Å²) >= 11 is 0. The van der Waals surface area contributed by atoms with Crippen LogP contribution in [-0.4, -0.2) is 41.6 Å². The zero-order valence-electron chi connectivity index (χ0n) is 13.7. The number of rotatable bonds is 5. The standard InChI is InChI=1S/C16H20N4O3/c1-18(2)11-17-14-9-15(21)20(16(22)19(14)3)10-12-5-7-13(23-4)8-6-12/h5-9,11H,10H2,1-4H3. The molecule has 0 bridgehead atoms. The summed E-state index contributed by atoms with van der Waals surface area (Å²) in [6.45, 7) is 0.202. The zero-order valence-corrected chi connectivity index (χ0v) is 13.7. The van der Waals surface area contributed by atoms with Crippen LogP contribution in [0, 0.1) is 0 Å². The Morgan fingerprint density at radius 2 is 1.87 bits per heavy atom. The third-order valence-corrected chi connectivity index (χ3v) is 3.30. The maximum atomic E-state index is 12.4. The molecule has 0 atom stereocenters. The van der Waals surface area contributed by atoms with Crippen LogP contribution in [0.2, 0.25) is 0 Å². The lowest BCUT2D eigenvalue weighted by Crippen LogP contribution is -2.38. The molecule has 1 aromatic heterocycles. The van der Waals surface area contributed by atoms with Gasteiger partial charge in [0.1, 0.15) is 11.6 Å². The molecule has 0 radical (unpaired) electrons. The minimum Gasteiger partial charge on any atom is -0.497 e. The molecule has 0 spiro atoms. The molecule has 0 aliphatic carbocycles. The normalized spacial score (nSPS) is 11.0. The first kappa shape index (κ1) is 16.5. The van der Waals surface area contributed by atoms with Crippen LogP contribution in [0.5, 0.6) is 5.75 Å². The fourth-order valence-electron chi connectivity index (χ4n) is 2.02. The smallest absolute Gasteiger partial charge is 0.332 e. The summed E-state index contributed by atoms with van der Waals surface area (Å²) in [4.78, 5) is 30.5. The first-order valence-corrected chi connectivity index (χ1v) is 7.07. The summed E-state index contributed by atoms with van der Waals surface area (Å²) < 4.78 is 7.62. The molecule has 0 amide bonds. The van der Waals surface area contributed by atoms with E-state index < -0.39 is 5.69 Å². The van der Waals surface area contributed by atoms with Crippen molar-refractivity contribution in [3.8, 4) is 5.75 Å². The van der Waals surface area contributed by atoms with Crippen molar-refractivity contribution in [2.45, 2.75) is 6.54 Å². The van der Waals surface area contributed by atoms with Crippen LogP contribution < -0.4 is 16.0 Å². The van der Waals surface area contributed by atoms with E-state index in [1.807, 2.05) is 26.2 Å². The highest BCUT2D eigenvalue weighted by atomic mass is 16.5. The molecule has 23 heavy (non-hydrogen) atoms. The predicted molar refractivity (Wildman–Crippen MR) is 89.9 cm³/mol. The zero-order chi connectivity index (χ0) is 17.0. The van der Waals surface area contributed by atoms with E-state index in [1.54, 1.807) is 37.5 Å². The van der Waals surface area contributed by atoms with Crippen molar-refractivity contribution in [2.24, 2.45) is 12.0 Å². The van der Waals surface area contributed by atoms with E-state index in [0.717, 1.165) is 11.3 Å². The molecule has 2 aromatic rings. The van der Waals surface area contributed by atoms with Gasteiger partial charge in [-0.3, -0.25) is 13.9 Å². The van der Waals surface area contributed by atoms with Gasteiger partial charge in [-0.15, -0.1) is 0 Å². The highest BCUT2D eigenvalue weighted by Crippen LogP contribution is 2.11. The maximum absolute atomic E-state index is 12.4. The summed E-state index contributed by atoms with van der Waals surface area (Å²) in [5, 5.41) is 0. The molecule has 0 saturated heterocycles. The summed E-state index contributed by atoms with van der Waals surface area (Å²) in [5.74, 6) is 1.04. The molecule has 1 aromatic carbocycles. The van der Waals surface area contributed by atoms with Gasteiger partial charge in [0.05, 0.1) is 20.0 Å². The lowest BCUT2D eigenvalue weighted by atomic mass is 10.2. The van der Waals surface area contributed by atoms with Gasteiger partial charge >= 0.3 is 5.69 Å². The van der Waals surface area contributed by atoms with Crippen LogP contribution in [0.1, 0.15) is 5.56 Å². The van der Waals surface area contributed by atoms with Crippen molar-refractivity contribution < 1.29 is 4.74 Å². The molecule has 2 rings (SSSR count). The molecule has 0 aliphatic rings. The Morgan fingerprint density at radius 1 is 1.22 bits per heavy atom. The van der Waals surface area contributed by atoms with Gasteiger partial charge in [-0.2, -0.15) is 0 Å². The highest BCUT2D eigenvalue weighted by Gasteiger charge is 2.08. The van der Waals surface area contributed by atoms with E-state index in [1.165, 1.54) is 15.2 Å². The van der Waals surface area contributed by atoms with Gasteiger partial charge in [-0.25, -0.2) is 9.79 Å². The number of ether oxygens (including phenoxy) is 1. The largest absolute Gasteiger partial charge is 0.497 e. The molecule has 0 fully saturated rings. The van der Waals surface area contributed by atoms with Crippen molar-refractivity contribution in [1.82, 2.24) is 14.0 Å². The van der Waals surface area contributed by atoms with Crippen LogP contribution in [0.15, 0.2) is 44.9 Å². The second-order valence-corrected chi connectivity index (χ2v) is 5.32. The first-order valence-electron chi connectivity index (χ1n) is 7.07. The second-order valence-electron chi connectivity index (χ2n) is 5.32. The molecule has 0 aliphatic heterocycles. The number of benzene rings is 1. The predicted octanol–water partition coefficient (Wildman–Crippen LogP) is 0.825. The Kier molecular flexibility index (Phi) is 5.00. The van der Waals surface area contributed by atoms with Crippen molar-refractivity contribution >= 4 is 12.2 Å². The molecule has 7 nitrogen and oxygen atoms in total. The Hall–Kier alpha value is -2.83. The quantitative estimate of drug-likeness (QED) is 0.605. The van der Waals surface area contributed by atoms with Gasteiger partial charge in [0.15, 0.2) is 0 Å². The van der Waals surface area contributed by atoms with E-state index >= 15 is 0 Å². The fourth-order valence-corrected chi connectivity index (χ4v) is 2.02. The van der Waals surface area contributed by atoms with Gasteiger partial charge in [-0.1, -0.05) is 12.1 Å². The third-order valence-electron chi connectivity index (χ3n) is 3.30. The minimum atomic E-state index is -0.403. The van der Waals surface area contributed by atoms with Gasteiger partial charge < -0.3 is 9.64 Å². The number of aromatic nitrogens is 2. The molecule has 0 N–H and O–H groups in total. The maximum Gasteiger partial charge on any atom is 0.332 e. The lowest BCUT2D eigenvalue weighted by molar-refractivity contribution is 0.414. The minimum absolute atomic E-state index is 0.202. The van der Waals surface area contributed by atoms with Crippen LogP contribution in [0.25, 0.3) is 0 Å². The molecule has 7 heteroatoms. The molecular weight excluding hydrogens is 296 g/mol. The Labute approximate surface area is 134 Å².